The quantitative estimate of drug-likeness (QED) is 0.704. The minimum atomic E-state index is -0.141. The Kier molecular flexibility index (Phi) is 4.79. The van der Waals surface area contributed by atoms with Gasteiger partial charge in [-0.1, -0.05) is 13.3 Å². The fourth-order valence-electron chi connectivity index (χ4n) is 2.50. The molecule has 1 saturated carbocycles. The standard InChI is InChI=1S/C13H22N4O2/c1-10-3-2-4-12(10)16-11-7-15-17(8-11)9-13(19)14-5-6-18/h7-8,10,12,16,18H,2-6,9H2,1H3,(H,14,19). The molecule has 1 aliphatic rings. The predicted molar refractivity (Wildman–Crippen MR) is 72.7 cm³/mol. The Morgan fingerprint density at radius 3 is 3.11 bits per heavy atom. The first kappa shape index (κ1) is 13.9. The highest BCUT2D eigenvalue weighted by Crippen LogP contribution is 2.27. The van der Waals surface area contributed by atoms with Crippen LogP contribution in [0, 0.1) is 5.92 Å². The fraction of sp³-hybridized carbons (Fsp3) is 0.692. The van der Waals surface area contributed by atoms with Crippen molar-refractivity contribution in [1.82, 2.24) is 15.1 Å². The molecule has 1 aromatic heterocycles. The summed E-state index contributed by atoms with van der Waals surface area (Å²) in [6.07, 6.45) is 7.35. The van der Waals surface area contributed by atoms with E-state index in [9.17, 15) is 4.79 Å². The first-order valence-electron chi connectivity index (χ1n) is 6.85. The number of aliphatic hydroxyl groups is 1. The molecule has 1 aliphatic carbocycles. The highest BCUT2D eigenvalue weighted by atomic mass is 16.3. The van der Waals surface area contributed by atoms with E-state index in [1.807, 2.05) is 6.20 Å². The molecular weight excluding hydrogens is 244 g/mol. The molecule has 3 N–H and O–H groups in total. The van der Waals surface area contributed by atoms with Gasteiger partial charge in [-0.25, -0.2) is 0 Å². The maximum Gasteiger partial charge on any atom is 0.241 e. The van der Waals surface area contributed by atoms with Crippen LogP contribution in [0.2, 0.25) is 0 Å². The highest BCUT2D eigenvalue weighted by Gasteiger charge is 2.23. The summed E-state index contributed by atoms with van der Waals surface area (Å²) in [6.45, 7) is 2.68. The van der Waals surface area contributed by atoms with Crippen LogP contribution in [0.3, 0.4) is 0 Å². The third kappa shape index (κ3) is 3.96. The van der Waals surface area contributed by atoms with Gasteiger partial charge in [-0.05, 0) is 18.8 Å². The van der Waals surface area contributed by atoms with Crippen molar-refractivity contribution >= 4 is 11.6 Å². The summed E-state index contributed by atoms with van der Waals surface area (Å²) in [4.78, 5) is 11.5. The highest BCUT2D eigenvalue weighted by molar-refractivity contribution is 5.75. The van der Waals surface area contributed by atoms with Gasteiger partial charge in [0, 0.05) is 18.8 Å². The number of carbonyl (C=O) groups excluding carboxylic acids is 1. The van der Waals surface area contributed by atoms with Crippen molar-refractivity contribution < 1.29 is 9.90 Å². The molecule has 2 atom stereocenters. The molecule has 6 heteroatoms. The number of anilines is 1. The molecule has 1 aromatic rings. The molecular formula is C13H22N4O2. The van der Waals surface area contributed by atoms with Crippen LogP contribution in [-0.4, -0.2) is 40.0 Å². The van der Waals surface area contributed by atoms with Crippen LogP contribution in [0.1, 0.15) is 26.2 Å². The van der Waals surface area contributed by atoms with E-state index in [1.54, 1.807) is 10.9 Å². The average Bonchev–Trinajstić information content (AvgIpc) is 2.98. The summed E-state index contributed by atoms with van der Waals surface area (Å²) in [5, 5.41) is 18.9. The van der Waals surface area contributed by atoms with Crippen molar-refractivity contribution in [3.63, 3.8) is 0 Å². The van der Waals surface area contributed by atoms with Crippen LogP contribution in [0.4, 0.5) is 5.69 Å². The lowest BCUT2D eigenvalue weighted by Gasteiger charge is -2.16. The average molecular weight is 266 g/mol. The van der Waals surface area contributed by atoms with E-state index in [0.717, 1.165) is 5.69 Å². The number of carbonyl (C=O) groups is 1. The minimum Gasteiger partial charge on any atom is -0.395 e. The lowest BCUT2D eigenvalue weighted by atomic mass is 10.1. The summed E-state index contributed by atoms with van der Waals surface area (Å²) >= 11 is 0. The number of hydrogen-bond donors (Lipinski definition) is 3. The molecule has 0 bridgehead atoms. The van der Waals surface area contributed by atoms with E-state index >= 15 is 0 Å². The summed E-state index contributed by atoms with van der Waals surface area (Å²) in [5.74, 6) is 0.550. The van der Waals surface area contributed by atoms with Crippen LogP contribution in [0.25, 0.3) is 0 Å². The SMILES string of the molecule is CC1CCCC1Nc1cnn(CC(=O)NCCO)c1. The monoisotopic (exact) mass is 266 g/mol. The third-order valence-corrected chi connectivity index (χ3v) is 3.59. The molecule has 0 spiro atoms. The topological polar surface area (TPSA) is 79.2 Å². The van der Waals surface area contributed by atoms with Gasteiger partial charge in [0.25, 0.3) is 0 Å². The molecule has 106 valence electrons. The number of nitrogens with one attached hydrogen (secondary N) is 2. The van der Waals surface area contributed by atoms with Crippen molar-refractivity contribution in [2.45, 2.75) is 38.8 Å². The van der Waals surface area contributed by atoms with E-state index in [-0.39, 0.29) is 25.6 Å². The molecule has 1 heterocycles. The first-order chi connectivity index (χ1) is 9.19. The van der Waals surface area contributed by atoms with E-state index in [1.165, 1.54) is 19.3 Å². The van der Waals surface area contributed by atoms with Gasteiger partial charge in [0.15, 0.2) is 0 Å². The molecule has 1 amide bonds. The number of hydrogen-bond acceptors (Lipinski definition) is 4. The van der Waals surface area contributed by atoms with E-state index in [0.29, 0.717) is 12.0 Å². The molecule has 0 radical (unpaired) electrons. The number of rotatable bonds is 6. The largest absolute Gasteiger partial charge is 0.395 e. The molecule has 19 heavy (non-hydrogen) atoms. The Labute approximate surface area is 113 Å². The van der Waals surface area contributed by atoms with Crippen molar-refractivity contribution in [3.8, 4) is 0 Å². The minimum absolute atomic E-state index is 0.0444. The number of aromatic nitrogens is 2. The van der Waals surface area contributed by atoms with E-state index in [4.69, 9.17) is 5.11 Å². The molecule has 2 rings (SSSR count). The van der Waals surface area contributed by atoms with Crippen molar-refractivity contribution in [2.24, 2.45) is 5.92 Å². The second-order valence-electron chi connectivity index (χ2n) is 5.16. The van der Waals surface area contributed by atoms with Crippen molar-refractivity contribution in [1.29, 1.82) is 0 Å². The zero-order chi connectivity index (χ0) is 13.7. The Balaban J connectivity index is 1.83. The zero-order valence-electron chi connectivity index (χ0n) is 11.3. The Bertz CT molecular complexity index is 419. The summed E-state index contributed by atoms with van der Waals surface area (Å²) < 4.78 is 1.61. The van der Waals surface area contributed by atoms with Crippen molar-refractivity contribution in [2.75, 3.05) is 18.5 Å². The van der Waals surface area contributed by atoms with Gasteiger partial charge in [0.05, 0.1) is 18.5 Å². The van der Waals surface area contributed by atoms with Gasteiger partial charge < -0.3 is 15.7 Å². The van der Waals surface area contributed by atoms with E-state index in [2.05, 4.69) is 22.7 Å². The second-order valence-corrected chi connectivity index (χ2v) is 5.16. The zero-order valence-corrected chi connectivity index (χ0v) is 11.3. The smallest absolute Gasteiger partial charge is 0.241 e. The second kappa shape index (κ2) is 6.56. The van der Waals surface area contributed by atoms with E-state index < -0.39 is 0 Å². The van der Waals surface area contributed by atoms with Crippen LogP contribution in [-0.2, 0) is 11.3 Å². The molecule has 0 aromatic carbocycles. The Morgan fingerprint density at radius 1 is 1.58 bits per heavy atom. The van der Waals surface area contributed by atoms with Gasteiger partial charge in [0.1, 0.15) is 6.54 Å². The molecule has 0 saturated heterocycles. The normalized spacial score (nSPS) is 22.4. The maximum atomic E-state index is 11.5. The van der Waals surface area contributed by atoms with Gasteiger partial charge in [0.2, 0.25) is 5.91 Å². The summed E-state index contributed by atoms with van der Waals surface area (Å²) in [7, 11) is 0. The predicted octanol–water partition coefficient (Wildman–Crippen LogP) is 0.592. The molecule has 1 fully saturated rings. The first-order valence-corrected chi connectivity index (χ1v) is 6.85. The van der Waals surface area contributed by atoms with Gasteiger partial charge >= 0.3 is 0 Å². The third-order valence-electron chi connectivity index (χ3n) is 3.59. The molecule has 2 unspecified atom stereocenters. The number of nitrogens with zero attached hydrogens (tertiary/aromatic N) is 2. The number of amides is 1. The van der Waals surface area contributed by atoms with Crippen molar-refractivity contribution in [3.05, 3.63) is 12.4 Å². The number of aliphatic hydroxyl groups excluding tert-OH is 1. The van der Waals surface area contributed by atoms with Gasteiger partial charge in [-0.15, -0.1) is 0 Å². The van der Waals surface area contributed by atoms with Gasteiger partial charge in [-0.3, -0.25) is 9.48 Å². The van der Waals surface area contributed by atoms with Crippen LogP contribution in [0.15, 0.2) is 12.4 Å². The summed E-state index contributed by atoms with van der Waals surface area (Å²) in [5.41, 5.74) is 0.966. The fourth-order valence-corrected chi connectivity index (χ4v) is 2.50. The molecule has 6 nitrogen and oxygen atoms in total. The lowest BCUT2D eigenvalue weighted by molar-refractivity contribution is -0.122. The van der Waals surface area contributed by atoms with Crippen LogP contribution < -0.4 is 10.6 Å². The Morgan fingerprint density at radius 2 is 2.42 bits per heavy atom. The van der Waals surface area contributed by atoms with Crippen LogP contribution in [0.5, 0.6) is 0 Å². The Hall–Kier alpha value is -1.56. The van der Waals surface area contributed by atoms with Gasteiger partial charge in [-0.2, -0.15) is 5.10 Å². The van der Waals surface area contributed by atoms with Crippen LogP contribution >= 0.6 is 0 Å². The lowest BCUT2D eigenvalue weighted by Crippen LogP contribution is -2.30. The maximum absolute atomic E-state index is 11.5. The molecule has 0 aliphatic heterocycles. The summed E-state index contributed by atoms with van der Waals surface area (Å²) in [6, 6.07) is 0.515.